The van der Waals surface area contributed by atoms with Gasteiger partial charge in [0.2, 0.25) is 16.0 Å². The molecule has 1 aliphatic carbocycles. The molecule has 1 fully saturated rings. The Bertz CT molecular complexity index is 1200. The van der Waals surface area contributed by atoms with Crippen LogP contribution in [-0.2, 0) is 23.6 Å². The van der Waals surface area contributed by atoms with Crippen molar-refractivity contribution in [3.05, 3.63) is 41.7 Å². The summed E-state index contributed by atoms with van der Waals surface area (Å²) >= 11 is 0. The fourth-order valence-electron chi connectivity index (χ4n) is 4.33. The highest BCUT2D eigenvalue weighted by molar-refractivity contribution is 7.89. The number of nitrogens with zero attached hydrogens (tertiary/aromatic N) is 5. The van der Waals surface area contributed by atoms with Crippen molar-refractivity contribution < 1.29 is 13.2 Å². The van der Waals surface area contributed by atoms with Crippen LogP contribution in [-0.4, -0.2) is 53.1 Å². The highest BCUT2D eigenvalue weighted by Gasteiger charge is 2.45. The number of hydrogen-bond donors (Lipinski definition) is 1. The van der Waals surface area contributed by atoms with Gasteiger partial charge in [0, 0.05) is 24.3 Å². The molecule has 3 heterocycles. The second-order valence-electron chi connectivity index (χ2n) is 8.69. The molecule has 3 aliphatic rings. The largest absolute Gasteiger partial charge is 0.307 e. The minimum absolute atomic E-state index is 0.0775. The summed E-state index contributed by atoms with van der Waals surface area (Å²) in [5.41, 5.74) is 1.62. The highest BCUT2D eigenvalue weighted by Crippen LogP contribution is 2.40. The van der Waals surface area contributed by atoms with Crippen molar-refractivity contribution in [1.82, 2.24) is 19.4 Å². The molecule has 0 unspecified atom stereocenters. The van der Waals surface area contributed by atoms with Gasteiger partial charge in [0.05, 0.1) is 41.5 Å². The molecule has 2 aliphatic heterocycles. The van der Waals surface area contributed by atoms with Crippen LogP contribution in [0.15, 0.2) is 40.5 Å². The molecule has 0 radical (unpaired) electrons. The van der Waals surface area contributed by atoms with Crippen LogP contribution >= 0.6 is 0 Å². The first-order valence-electron chi connectivity index (χ1n) is 10.5. The number of carbonyl (C=O) groups is 1. The third-order valence-electron chi connectivity index (χ3n) is 6.39. The molecule has 5 rings (SSSR count). The van der Waals surface area contributed by atoms with Gasteiger partial charge in [-0.2, -0.15) is 5.10 Å². The minimum atomic E-state index is -3.72. The number of aliphatic imine (C=N–C) groups is 1. The zero-order valence-corrected chi connectivity index (χ0v) is 18.7. The normalized spacial score (nSPS) is 21.7. The Morgan fingerprint density at radius 3 is 2.71 bits per heavy atom. The van der Waals surface area contributed by atoms with E-state index in [1.807, 2.05) is 32.0 Å². The van der Waals surface area contributed by atoms with Crippen LogP contribution < -0.4 is 9.62 Å². The molecule has 1 N–H and O–H groups in total. The summed E-state index contributed by atoms with van der Waals surface area (Å²) in [6, 6.07) is 4.89. The number of hydrogen-bond acceptors (Lipinski definition) is 6. The fraction of sp³-hybridized carbons (Fsp3) is 0.476. The zero-order valence-electron chi connectivity index (χ0n) is 17.9. The Morgan fingerprint density at radius 1 is 1.29 bits per heavy atom. The first-order chi connectivity index (χ1) is 14.7. The van der Waals surface area contributed by atoms with Crippen LogP contribution in [0, 0.1) is 0 Å². The molecule has 1 aromatic heterocycles. The zero-order chi connectivity index (χ0) is 22.0. The van der Waals surface area contributed by atoms with E-state index < -0.39 is 10.0 Å². The molecule has 0 saturated heterocycles. The molecule has 2 aromatic rings. The molecule has 31 heavy (non-hydrogen) atoms. The van der Waals surface area contributed by atoms with E-state index in [1.165, 1.54) is 6.07 Å². The van der Waals surface area contributed by atoms with Crippen molar-refractivity contribution in [3.63, 3.8) is 0 Å². The molecule has 1 atom stereocenters. The molecule has 164 valence electrons. The van der Waals surface area contributed by atoms with E-state index in [9.17, 15) is 13.2 Å². The average molecular weight is 443 g/mol. The monoisotopic (exact) mass is 442 g/mol. The van der Waals surface area contributed by atoms with Crippen LogP contribution in [0.1, 0.15) is 49.0 Å². The Kier molecular flexibility index (Phi) is 4.49. The molecular weight excluding hydrogens is 416 g/mol. The van der Waals surface area contributed by atoms with Crippen molar-refractivity contribution in [2.45, 2.75) is 56.1 Å². The summed E-state index contributed by atoms with van der Waals surface area (Å²) in [5, 5.41) is 4.18. The van der Waals surface area contributed by atoms with E-state index in [1.54, 1.807) is 27.9 Å². The first-order valence-corrected chi connectivity index (χ1v) is 12.0. The molecular formula is C21H26N6O3S. The molecule has 10 heteroatoms. The van der Waals surface area contributed by atoms with Gasteiger partial charge in [-0.05, 0) is 44.4 Å². The number of aromatic nitrogens is 2. The average Bonchev–Trinajstić information content (AvgIpc) is 3.20. The Labute approximate surface area is 181 Å². The molecule has 1 aromatic carbocycles. The lowest BCUT2D eigenvalue weighted by atomic mass is 10.1. The molecule has 9 nitrogen and oxygen atoms in total. The number of guanidine groups is 1. The van der Waals surface area contributed by atoms with Crippen molar-refractivity contribution in [3.8, 4) is 0 Å². The second kappa shape index (κ2) is 6.89. The van der Waals surface area contributed by atoms with Gasteiger partial charge in [0.15, 0.2) is 0 Å². The third-order valence-corrected chi connectivity index (χ3v) is 7.96. The smallest absolute Gasteiger partial charge is 0.263 e. The highest BCUT2D eigenvalue weighted by atomic mass is 32.2. The number of rotatable bonds is 6. The van der Waals surface area contributed by atoms with E-state index in [0.717, 1.165) is 24.8 Å². The Hall–Kier alpha value is -2.72. The van der Waals surface area contributed by atoms with Crippen LogP contribution in [0.2, 0.25) is 0 Å². The predicted molar refractivity (Wildman–Crippen MR) is 116 cm³/mol. The number of sulfonamides is 1. The lowest BCUT2D eigenvalue weighted by molar-refractivity contribution is 0.0833. The van der Waals surface area contributed by atoms with Crippen molar-refractivity contribution in [2.24, 2.45) is 12.0 Å². The summed E-state index contributed by atoms with van der Waals surface area (Å²) in [6.45, 7) is 4.93. The van der Waals surface area contributed by atoms with Gasteiger partial charge in [-0.1, -0.05) is 6.92 Å². The van der Waals surface area contributed by atoms with Crippen molar-refractivity contribution in [2.75, 3.05) is 11.4 Å². The number of anilines is 1. The van der Waals surface area contributed by atoms with Gasteiger partial charge in [-0.3, -0.25) is 19.4 Å². The minimum Gasteiger partial charge on any atom is -0.307 e. The van der Waals surface area contributed by atoms with Gasteiger partial charge in [-0.25, -0.2) is 13.1 Å². The molecule has 1 saturated carbocycles. The number of benzene rings is 1. The number of nitrogens with one attached hydrogen (secondary N) is 1. The summed E-state index contributed by atoms with van der Waals surface area (Å²) in [7, 11) is -1.89. The number of aryl methyl sites for hydroxylation is 1. The topological polar surface area (TPSA) is 99.9 Å². The van der Waals surface area contributed by atoms with Gasteiger partial charge in [0.1, 0.15) is 0 Å². The van der Waals surface area contributed by atoms with Gasteiger partial charge >= 0.3 is 0 Å². The SMILES string of the molecule is CCC1(NS(=O)(=O)c2ccc3c(c2)C(=O)N(Cc2cnn(C)c2)C2=NC[C@@H](C)N23)CC1. The lowest BCUT2D eigenvalue weighted by Gasteiger charge is -2.38. The van der Waals surface area contributed by atoms with E-state index in [4.69, 9.17) is 0 Å². The number of carbonyl (C=O) groups excluding carboxylic acids is 1. The third kappa shape index (κ3) is 3.34. The lowest BCUT2D eigenvalue weighted by Crippen LogP contribution is -2.52. The quantitative estimate of drug-likeness (QED) is 0.736. The van der Waals surface area contributed by atoms with E-state index in [-0.39, 0.29) is 22.4 Å². The molecule has 1 amide bonds. The summed E-state index contributed by atoms with van der Waals surface area (Å²) in [6.07, 6.45) is 6.01. The second-order valence-corrected chi connectivity index (χ2v) is 10.4. The first kappa shape index (κ1) is 20.2. The van der Waals surface area contributed by atoms with Gasteiger partial charge < -0.3 is 4.90 Å². The maximum atomic E-state index is 13.5. The maximum Gasteiger partial charge on any atom is 0.263 e. The summed E-state index contributed by atoms with van der Waals surface area (Å²) in [5.74, 6) is 0.349. The Balaban J connectivity index is 1.54. The number of fused-ring (bicyclic) bond motifs is 3. The predicted octanol–water partition coefficient (Wildman–Crippen LogP) is 1.86. The van der Waals surface area contributed by atoms with Crippen LogP contribution in [0.5, 0.6) is 0 Å². The van der Waals surface area contributed by atoms with Crippen LogP contribution in [0.25, 0.3) is 0 Å². The van der Waals surface area contributed by atoms with Crippen molar-refractivity contribution in [1.29, 1.82) is 0 Å². The Morgan fingerprint density at radius 2 is 2.06 bits per heavy atom. The maximum absolute atomic E-state index is 13.5. The number of amides is 1. The molecule has 0 bridgehead atoms. The van der Waals surface area contributed by atoms with Gasteiger partial charge in [0.25, 0.3) is 5.91 Å². The van der Waals surface area contributed by atoms with Crippen LogP contribution in [0.4, 0.5) is 5.69 Å². The van der Waals surface area contributed by atoms with E-state index >= 15 is 0 Å². The fourth-order valence-corrected chi connectivity index (χ4v) is 5.89. The van der Waals surface area contributed by atoms with Crippen LogP contribution in [0.3, 0.4) is 0 Å². The standard InChI is InChI=1S/C21H26N6O3S/c1-4-21(7-8-21)24-31(29,30)16-5-6-18-17(9-16)19(28)26(13-15-11-23-25(3)12-15)20-22-10-14(2)27(18)20/h5-6,9,11-12,14,24H,4,7-8,10,13H2,1-3H3/t14-/m1/s1. The van der Waals surface area contributed by atoms with E-state index in [0.29, 0.717) is 30.3 Å². The van der Waals surface area contributed by atoms with Gasteiger partial charge in [-0.15, -0.1) is 0 Å². The van der Waals surface area contributed by atoms with E-state index in [2.05, 4.69) is 14.8 Å². The summed E-state index contributed by atoms with van der Waals surface area (Å²) in [4.78, 5) is 21.8. The van der Waals surface area contributed by atoms with Crippen molar-refractivity contribution >= 4 is 27.6 Å². The molecule has 0 spiro atoms. The summed E-state index contributed by atoms with van der Waals surface area (Å²) < 4.78 is 30.6.